The Labute approximate surface area is 193 Å². The summed E-state index contributed by atoms with van der Waals surface area (Å²) in [5.41, 5.74) is 8.70. The lowest BCUT2D eigenvalue weighted by Crippen LogP contribution is -2.48. The fourth-order valence-corrected chi connectivity index (χ4v) is 6.90. The SMILES string of the molecule is CC1(C2CC(NCC[C@@]3(c4ccccn4)CCOC4(CCCC4)C3)C(C=CN)=N2)CCC1. The molecule has 0 radical (unpaired) electrons. The van der Waals surface area contributed by atoms with E-state index in [4.69, 9.17) is 20.4 Å². The largest absolute Gasteiger partial charge is 0.405 e. The maximum absolute atomic E-state index is 6.41. The van der Waals surface area contributed by atoms with Crippen molar-refractivity contribution in [1.82, 2.24) is 10.3 Å². The van der Waals surface area contributed by atoms with E-state index in [1.54, 1.807) is 6.20 Å². The van der Waals surface area contributed by atoms with Gasteiger partial charge in [-0.1, -0.05) is 32.3 Å². The highest BCUT2D eigenvalue weighted by molar-refractivity contribution is 6.00. The van der Waals surface area contributed by atoms with E-state index in [1.807, 2.05) is 18.3 Å². The Morgan fingerprint density at radius 1 is 1.16 bits per heavy atom. The zero-order valence-corrected chi connectivity index (χ0v) is 19.7. The first-order valence-electron chi connectivity index (χ1n) is 12.8. The number of pyridine rings is 1. The van der Waals surface area contributed by atoms with Crippen molar-refractivity contribution in [2.75, 3.05) is 13.2 Å². The minimum atomic E-state index is 0.0714. The molecule has 5 rings (SSSR count). The first-order chi connectivity index (χ1) is 15.6. The van der Waals surface area contributed by atoms with Gasteiger partial charge in [0.2, 0.25) is 0 Å². The van der Waals surface area contributed by atoms with Crippen LogP contribution in [0.15, 0.2) is 41.7 Å². The zero-order chi connectivity index (χ0) is 22.1. The van der Waals surface area contributed by atoms with E-state index in [2.05, 4.69) is 24.4 Å². The first kappa shape index (κ1) is 22.1. The molecule has 0 amide bonds. The summed E-state index contributed by atoms with van der Waals surface area (Å²) in [7, 11) is 0. The van der Waals surface area contributed by atoms with Gasteiger partial charge in [0, 0.05) is 23.9 Å². The molecule has 3 N–H and O–H groups in total. The van der Waals surface area contributed by atoms with Gasteiger partial charge in [-0.05, 0) is 87.7 Å². The molecule has 2 aliphatic carbocycles. The van der Waals surface area contributed by atoms with Gasteiger partial charge in [-0.25, -0.2) is 0 Å². The number of nitrogens with one attached hydrogen (secondary N) is 1. The normalized spacial score (nSPS) is 33.5. The average molecular weight is 437 g/mol. The number of rotatable bonds is 7. The second-order valence-electron chi connectivity index (χ2n) is 11.1. The van der Waals surface area contributed by atoms with Crippen molar-refractivity contribution in [3.05, 3.63) is 42.4 Å². The molecule has 1 saturated heterocycles. The summed E-state index contributed by atoms with van der Waals surface area (Å²) in [5, 5.41) is 3.88. The summed E-state index contributed by atoms with van der Waals surface area (Å²) in [5.74, 6) is 0. The van der Waals surface area contributed by atoms with Crippen molar-refractivity contribution in [1.29, 1.82) is 0 Å². The predicted molar refractivity (Wildman–Crippen MR) is 130 cm³/mol. The van der Waals surface area contributed by atoms with E-state index in [1.165, 1.54) is 50.6 Å². The van der Waals surface area contributed by atoms with E-state index in [9.17, 15) is 0 Å². The van der Waals surface area contributed by atoms with Gasteiger partial charge in [-0.2, -0.15) is 0 Å². The van der Waals surface area contributed by atoms with Crippen LogP contribution >= 0.6 is 0 Å². The molecule has 5 nitrogen and oxygen atoms in total. The van der Waals surface area contributed by atoms with Gasteiger partial charge in [0.15, 0.2) is 0 Å². The van der Waals surface area contributed by atoms with Gasteiger partial charge in [0.05, 0.1) is 23.4 Å². The fourth-order valence-electron chi connectivity index (χ4n) is 6.90. The third kappa shape index (κ3) is 4.14. The second kappa shape index (κ2) is 8.90. The molecule has 2 aliphatic heterocycles. The lowest BCUT2D eigenvalue weighted by molar-refractivity contribution is -0.104. The number of nitrogens with zero attached hydrogens (tertiary/aromatic N) is 2. The fraction of sp³-hybridized carbons (Fsp3) is 0.704. The van der Waals surface area contributed by atoms with Crippen LogP contribution in [0.3, 0.4) is 0 Å². The highest BCUT2D eigenvalue weighted by Crippen LogP contribution is 2.50. The van der Waals surface area contributed by atoms with E-state index in [0.717, 1.165) is 44.5 Å². The van der Waals surface area contributed by atoms with E-state index in [-0.39, 0.29) is 11.0 Å². The number of hydrogen-bond donors (Lipinski definition) is 2. The Hall–Kier alpha value is -1.72. The lowest BCUT2D eigenvalue weighted by atomic mass is 9.65. The third-order valence-corrected chi connectivity index (χ3v) is 9.05. The van der Waals surface area contributed by atoms with Crippen molar-refractivity contribution in [3.63, 3.8) is 0 Å². The van der Waals surface area contributed by atoms with Crippen LogP contribution in [0, 0.1) is 5.41 Å². The smallest absolute Gasteiger partial charge is 0.0691 e. The summed E-state index contributed by atoms with van der Waals surface area (Å²) >= 11 is 0. The second-order valence-corrected chi connectivity index (χ2v) is 11.1. The Bertz CT molecular complexity index is 840. The van der Waals surface area contributed by atoms with Gasteiger partial charge < -0.3 is 15.8 Å². The van der Waals surface area contributed by atoms with Crippen LogP contribution in [0.5, 0.6) is 0 Å². The molecule has 32 heavy (non-hydrogen) atoms. The Morgan fingerprint density at radius 3 is 2.69 bits per heavy atom. The number of aliphatic imine (C=N–C) groups is 1. The molecule has 1 aromatic heterocycles. The number of aromatic nitrogens is 1. The Morgan fingerprint density at radius 2 is 2.00 bits per heavy atom. The van der Waals surface area contributed by atoms with Crippen LogP contribution in [0.2, 0.25) is 0 Å². The van der Waals surface area contributed by atoms with E-state index >= 15 is 0 Å². The molecule has 3 heterocycles. The molecule has 3 atom stereocenters. The Kier molecular flexibility index (Phi) is 6.15. The van der Waals surface area contributed by atoms with Crippen LogP contribution in [0.25, 0.3) is 0 Å². The maximum atomic E-state index is 6.41. The van der Waals surface area contributed by atoms with Crippen molar-refractivity contribution in [2.24, 2.45) is 16.1 Å². The van der Waals surface area contributed by atoms with Gasteiger partial charge in [-0.15, -0.1) is 0 Å². The molecule has 0 bridgehead atoms. The number of ether oxygens (including phenoxy) is 1. The van der Waals surface area contributed by atoms with Crippen LogP contribution in [0.1, 0.15) is 83.2 Å². The monoisotopic (exact) mass is 436 g/mol. The van der Waals surface area contributed by atoms with Crippen molar-refractivity contribution >= 4 is 5.71 Å². The summed E-state index contributed by atoms with van der Waals surface area (Å²) in [6.45, 7) is 4.23. The van der Waals surface area contributed by atoms with Crippen LogP contribution in [-0.4, -0.2) is 41.5 Å². The molecular weight excluding hydrogens is 396 g/mol. The zero-order valence-electron chi connectivity index (χ0n) is 19.7. The highest BCUT2D eigenvalue weighted by Gasteiger charge is 2.49. The van der Waals surface area contributed by atoms with Crippen LogP contribution in [0.4, 0.5) is 0 Å². The quantitative estimate of drug-likeness (QED) is 0.652. The van der Waals surface area contributed by atoms with Gasteiger partial charge >= 0.3 is 0 Å². The van der Waals surface area contributed by atoms with E-state index in [0.29, 0.717) is 17.5 Å². The molecule has 2 unspecified atom stereocenters. The molecule has 5 heteroatoms. The number of nitrogens with two attached hydrogens (primary N) is 1. The van der Waals surface area contributed by atoms with Crippen LogP contribution in [-0.2, 0) is 10.2 Å². The van der Waals surface area contributed by atoms with Gasteiger partial charge in [-0.3, -0.25) is 9.98 Å². The Balaban J connectivity index is 1.29. The summed E-state index contributed by atoms with van der Waals surface area (Å²) < 4.78 is 6.41. The summed E-state index contributed by atoms with van der Waals surface area (Å²) in [6, 6.07) is 7.14. The molecule has 1 spiro atoms. The van der Waals surface area contributed by atoms with Crippen molar-refractivity contribution < 1.29 is 4.74 Å². The van der Waals surface area contributed by atoms with Crippen LogP contribution < -0.4 is 11.1 Å². The first-order valence-corrected chi connectivity index (χ1v) is 12.8. The molecule has 1 aromatic rings. The lowest BCUT2D eigenvalue weighted by Gasteiger charge is -2.46. The average Bonchev–Trinajstić information content (AvgIpc) is 3.40. The van der Waals surface area contributed by atoms with Crippen molar-refractivity contribution in [2.45, 2.75) is 101 Å². The third-order valence-electron chi connectivity index (χ3n) is 9.05. The standard InChI is InChI=1S/C27H40N4O/c1-25(9-6-10-25)24-19-22(21(31-24)8-15-28)29-17-13-26(23-7-2-5-16-30-23)14-18-32-27(20-26)11-3-4-12-27/h2,5,7-8,15-16,22,24,29H,3-4,6,9-14,17-20,28H2,1H3/t22?,24?,26-/m1/s1. The van der Waals surface area contributed by atoms with E-state index < -0.39 is 0 Å². The van der Waals surface area contributed by atoms with Gasteiger partial charge in [0.25, 0.3) is 0 Å². The molecular formula is C27H40N4O. The molecule has 174 valence electrons. The topological polar surface area (TPSA) is 72.5 Å². The minimum absolute atomic E-state index is 0.0714. The molecule has 4 aliphatic rings. The minimum Gasteiger partial charge on any atom is -0.405 e. The molecule has 3 fully saturated rings. The highest BCUT2D eigenvalue weighted by atomic mass is 16.5. The maximum Gasteiger partial charge on any atom is 0.0691 e. The summed E-state index contributed by atoms with van der Waals surface area (Å²) in [4.78, 5) is 9.96. The van der Waals surface area contributed by atoms with Crippen molar-refractivity contribution in [3.8, 4) is 0 Å². The number of hydrogen-bond acceptors (Lipinski definition) is 5. The predicted octanol–water partition coefficient (Wildman–Crippen LogP) is 4.67. The molecule has 0 aromatic carbocycles. The molecule has 2 saturated carbocycles. The van der Waals surface area contributed by atoms with Gasteiger partial charge in [0.1, 0.15) is 0 Å². The summed E-state index contributed by atoms with van der Waals surface area (Å²) in [6.07, 6.45) is 18.9.